The molecule has 1 saturated carbocycles. The van der Waals surface area contributed by atoms with Crippen molar-refractivity contribution < 1.29 is 0 Å². The Morgan fingerprint density at radius 3 is 2.93 bits per heavy atom. The second-order valence-corrected chi connectivity index (χ2v) is 5.24. The van der Waals surface area contributed by atoms with Gasteiger partial charge in [0.2, 0.25) is 0 Å². The lowest BCUT2D eigenvalue weighted by atomic mass is 9.93. The van der Waals surface area contributed by atoms with Crippen LogP contribution in [-0.4, -0.2) is 12.1 Å². The van der Waals surface area contributed by atoms with E-state index in [9.17, 15) is 0 Å². The Balaban J connectivity index is 1.96. The van der Waals surface area contributed by atoms with Crippen molar-refractivity contribution in [2.45, 2.75) is 25.3 Å². The van der Waals surface area contributed by atoms with Gasteiger partial charge >= 0.3 is 0 Å². The van der Waals surface area contributed by atoms with E-state index in [2.05, 4.69) is 23.6 Å². The number of benzene rings is 1. The van der Waals surface area contributed by atoms with E-state index >= 15 is 0 Å². The number of hydrogen-bond donors (Lipinski definition) is 2. The number of nitrogens with one attached hydrogen (secondary N) is 2. The van der Waals surface area contributed by atoms with Crippen LogP contribution < -0.4 is 10.6 Å². The van der Waals surface area contributed by atoms with Gasteiger partial charge in [-0.1, -0.05) is 17.7 Å². The van der Waals surface area contributed by atoms with Crippen molar-refractivity contribution in [3.63, 3.8) is 0 Å². The number of hydrogen-bond acceptors (Lipinski definition) is 2. The maximum atomic E-state index is 6.13. The van der Waals surface area contributed by atoms with Crippen LogP contribution in [0.25, 0.3) is 0 Å². The minimum absolute atomic E-state index is 0.206. The molecule has 1 aliphatic carbocycles. The summed E-state index contributed by atoms with van der Waals surface area (Å²) in [6.07, 6.45) is 2.70. The van der Waals surface area contributed by atoms with Crippen LogP contribution >= 0.6 is 11.6 Å². The van der Waals surface area contributed by atoms with Gasteiger partial charge in [0.15, 0.2) is 0 Å². The van der Waals surface area contributed by atoms with Crippen LogP contribution in [0.2, 0.25) is 5.02 Å². The molecule has 1 fully saturated rings. The quantitative estimate of drug-likeness (QED) is 0.762. The zero-order valence-corrected chi connectivity index (χ0v) is 9.56. The summed E-state index contributed by atoms with van der Waals surface area (Å²) < 4.78 is 0. The predicted molar refractivity (Wildman–Crippen MR) is 64.7 cm³/mol. The number of halogens is 1. The van der Waals surface area contributed by atoms with Crippen molar-refractivity contribution in [1.82, 2.24) is 0 Å². The highest BCUT2D eigenvalue weighted by Gasteiger charge is 2.43. The standard InChI is InChI=1S/C12H15ClN2/c1-12(8-5-6-8)7-14-11-9(13)3-2-4-10(11)15-12/h2-4,8,14-15H,5-7H2,1H3. The summed E-state index contributed by atoms with van der Waals surface area (Å²) in [6, 6.07) is 6.01. The molecule has 1 unspecified atom stereocenters. The molecule has 80 valence electrons. The van der Waals surface area contributed by atoms with Gasteiger partial charge in [-0.3, -0.25) is 0 Å². The van der Waals surface area contributed by atoms with Crippen LogP contribution in [-0.2, 0) is 0 Å². The molecule has 2 N–H and O–H groups in total. The van der Waals surface area contributed by atoms with Gasteiger partial charge in [-0.25, -0.2) is 0 Å². The molecule has 1 aromatic rings. The molecule has 2 nitrogen and oxygen atoms in total. The summed E-state index contributed by atoms with van der Waals surface area (Å²) in [6.45, 7) is 3.26. The highest BCUT2D eigenvalue weighted by Crippen LogP contribution is 2.45. The van der Waals surface area contributed by atoms with Gasteiger partial charge < -0.3 is 10.6 Å². The molecule has 0 saturated heterocycles. The van der Waals surface area contributed by atoms with E-state index in [1.54, 1.807) is 0 Å². The van der Waals surface area contributed by atoms with E-state index < -0.39 is 0 Å². The number of anilines is 2. The van der Waals surface area contributed by atoms with Crippen LogP contribution in [0, 0.1) is 5.92 Å². The normalized spacial score (nSPS) is 28.9. The Morgan fingerprint density at radius 1 is 1.40 bits per heavy atom. The van der Waals surface area contributed by atoms with Crippen molar-refractivity contribution in [2.24, 2.45) is 5.92 Å². The third-order valence-corrected chi connectivity index (χ3v) is 3.86. The zero-order chi connectivity index (χ0) is 10.5. The van der Waals surface area contributed by atoms with Gasteiger partial charge in [-0.05, 0) is 37.8 Å². The van der Waals surface area contributed by atoms with Crippen molar-refractivity contribution >= 4 is 23.0 Å². The molecule has 1 aliphatic heterocycles. The van der Waals surface area contributed by atoms with Crippen molar-refractivity contribution in [2.75, 3.05) is 17.2 Å². The summed E-state index contributed by atoms with van der Waals surface area (Å²) in [5.41, 5.74) is 2.40. The first kappa shape index (κ1) is 9.34. The minimum atomic E-state index is 0.206. The van der Waals surface area contributed by atoms with Gasteiger partial charge in [0.05, 0.1) is 21.9 Å². The topological polar surface area (TPSA) is 24.1 Å². The number of para-hydroxylation sites is 1. The number of fused-ring (bicyclic) bond motifs is 1. The van der Waals surface area contributed by atoms with E-state index in [1.807, 2.05) is 12.1 Å². The van der Waals surface area contributed by atoms with E-state index in [0.717, 1.165) is 28.9 Å². The molecule has 0 bridgehead atoms. The SMILES string of the molecule is CC1(C2CC2)CNc2c(Cl)cccc2N1. The summed E-state index contributed by atoms with van der Waals surface area (Å²) in [4.78, 5) is 0. The molecule has 15 heavy (non-hydrogen) atoms. The number of rotatable bonds is 1. The van der Waals surface area contributed by atoms with Crippen LogP contribution in [0.15, 0.2) is 18.2 Å². The fraction of sp³-hybridized carbons (Fsp3) is 0.500. The van der Waals surface area contributed by atoms with Crippen LogP contribution in [0.1, 0.15) is 19.8 Å². The molecule has 1 heterocycles. The van der Waals surface area contributed by atoms with E-state index in [4.69, 9.17) is 11.6 Å². The molecule has 0 amide bonds. The summed E-state index contributed by atoms with van der Waals surface area (Å²) in [5.74, 6) is 0.817. The Bertz CT molecular complexity index is 401. The molecule has 3 rings (SSSR count). The summed E-state index contributed by atoms with van der Waals surface area (Å²) in [5, 5.41) is 7.88. The second-order valence-electron chi connectivity index (χ2n) is 4.83. The molecule has 3 heteroatoms. The first-order valence-corrected chi connectivity index (χ1v) is 5.87. The Labute approximate surface area is 95.0 Å². The highest BCUT2D eigenvalue weighted by atomic mass is 35.5. The highest BCUT2D eigenvalue weighted by molar-refractivity contribution is 6.34. The minimum Gasteiger partial charge on any atom is -0.380 e. The van der Waals surface area contributed by atoms with Crippen LogP contribution in [0.3, 0.4) is 0 Å². The van der Waals surface area contributed by atoms with Crippen molar-refractivity contribution in [1.29, 1.82) is 0 Å². The molecule has 1 aromatic carbocycles. The average Bonchev–Trinajstić information content (AvgIpc) is 3.01. The fourth-order valence-electron chi connectivity index (χ4n) is 2.40. The molecular weight excluding hydrogens is 208 g/mol. The molecule has 0 radical (unpaired) electrons. The zero-order valence-electron chi connectivity index (χ0n) is 8.81. The van der Waals surface area contributed by atoms with E-state index in [1.165, 1.54) is 12.8 Å². The first-order chi connectivity index (χ1) is 7.19. The monoisotopic (exact) mass is 222 g/mol. The smallest absolute Gasteiger partial charge is 0.0766 e. The Hall–Kier alpha value is -0.890. The lowest BCUT2D eigenvalue weighted by molar-refractivity contribution is 0.466. The largest absolute Gasteiger partial charge is 0.380 e. The maximum Gasteiger partial charge on any atom is 0.0766 e. The van der Waals surface area contributed by atoms with Gasteiger partial charge in [0.25, 0.3) is 0 Å². The second kappa shape index (κ2) is 3.05. The average molecular weight is 223 g/mol. The maximum absolute atomic E-state index is 6.13. The third-order valence-electron chi connectivity index (χ3n) is 3.54. The third kappa shape index (κ3) is 1.48. The predicted octanol–water partition coefficient (Wildman–Crippen LogP) is 3.35. The summed E-state index contributed by atoms with van der Waals surface area (Å²) >= 11 is 6.13. The molecule has 0 aromatic heterocycles. The lowest BCUT2D eigenvalue weighted by Gasteiger charge is -2.38. The van der Waals surface area contributed by atoms with E-state index in [-0.39, 0.29) is 5.54 Å². The van der Waals surface area contributed by atoms with Crippen molar-refractivity contribution in [3.8, 4) is 0 Å². The lowest BCUT2D eigenvalue weighted by Crippen LogP contribution is -2.47. The fourth-order valence-corrected chi connectivity index (χ4v) is 2.64. The van der Waals surface area contributed by atoms with E-state index in [0.29, 0.717) is 0 Å². The molecular formula is C12H15ClN2. The van der Waals surface area contributed by atoms with Crippen LogP contribution in [0.4, 0.5) is 11.4 Å². The van der Waals surface area contributed by atoms with Crippen LogP contribution in [0.5, 0.6) is 0 Å². The molecule has 1 atom stereocenters. The summed E-state index contributed by atoms with van der Waals surface area (Å²) in [7, 11) is 0. The first-order valence-electron chi connectivity index (χ1n) is 5.50. The molecule has 2 aliphatic rings. The van der Waals surface area contributed by atoms with Gasteiger partial charge in [-0.2, -0.15) is 0 Å². The van der Waals surface area contributed by atoms with Crippen molar-refractivity contribution in [3.05, 3.63) is 23.2 Å². The Kier molecular flexibility index (Phi) is 1.90. The Morgan fingerprint density at radius 2 is 2.20 bits per heavy atom. The van der Waals surface area contributed by atoms with Gasteiger partial charge in [-0.15, -0.1) is 0 Å². The molecule has 0 spiro atoms. The van der Waals surface area contributed by atoms with Gasteiger partial charge in [0, 0.05) is 6.54 Å². The van der Waals surface area contributed by atoms with Gasteiger partial charge in [0.1, 0.15) is 0 Å².